The fraction of sp³-hybridized carbons (Fsp3) is 0.400. The molecule has 0 unspecified atom stereocenters. The molecule has 0 spiro atoms. The van der Waals surface area contributed by atoms with E-state index in [4.69, 9.17) is 5.73 Å². The molecule has 1 amide bonds. The molecular formula is C20H26N6O4. The Labute approximate surface area is 172 Å². The first kappa shape index (κ1) is 21.3. The van der Waals surface area contributed by atoms with Crippen LogP contribution in [0.5, 0.6) is 5.75 Å². The summed E-state index contributed by atoms with van der Waals surface area (Å²) >= 11 is 0. The van der Waals surface area contributed by atoms with E-state index < -0.39 is 5.91 Å². The number of aromatic hydroxyl groups is 1. The van der Waals surface area contributed by atoms with Gasteiger partial charge in [0, 0.05) is 44.4 Å². The van der Waals surface area contributed by atoms with Crippen LogP contribution in [0.15, 0.2) is 34.1 Å². The first-order valence-electron chi connectivity index (χ1n) is 9.67. The van der Waals surface area contributed by atoms with Gasteiger partial charge in [0.15, 0.2) is 11.2 Å². The number of primary amides is 1. The number of amides is 1. The van der Waals surface area contributed by atoms with Gasteiger partial charge in [0.1, 0.15) is 5.75 Å². The number of benzene rings is 1. The average Bonchev–Trinajstić information content (AvgIpc) is 3.11. The smallest absolute Gasteiger partial charge is 0.332 e. The van der Waals surface area contributed by atoms with Crippen molar-refractivity contribution in [2.24, 2.45) is 18.7 Å². The summed E-state index contributed by atoms with van der Waals surface area (Å²) in [7, 11) is 1.46. The number of nitrogens with zero attached hydrogens (tertiary/aromatic N) is 4. The molecule has 0 saturated carbocycles. The maximum atomic E-state index is 12.7. The van der Waals surface area contributed by atoms with Crippen LogP contribution in [0.2, 0.25) is 0 Å². The van der Waals surface area contributed by atoms with E-state index in [-0.39, 0.29) is 22.9 Å². The van der Waals surface area contributed by atoms with E-state index in [1.807, 2.05) is 13.8 Å². The lowest BCUT2D eigenvalue weighted by atomic mass is 10.1. The summed E-state index contributed by atoms with van der Waals surface area (Å²) in [5, 5.41) is 13.1. The van der Waals surface area contributed by atoms with Gasteiger partial charge in [-0.25, -0.2) is 9.78 Å². The van der Waals surface area contributed by atoms with Gasteiger partial charge < -0.3 is 20.7 Å². The van der Waals surface area contributed by atoms with Crippen molar-refractivity contribution in [3.63, 3.8) is 0 Å². The van der Waals surface area contributed by atoms with E-state index in [0.29, 0.717) is 48.5 Å². The van der Waals surface area contributed by atoms with Crippen molar-refractivity contribution in [1.82, 2.24) is 24.0 Å². The molecule has 0 aliphatic heterocycles. The van der Waals surface area contributed by atoms with Crippen molar-refractivity contribution in [2.75, 3.05) is 6.54 Å². The summed E-state index contributed by atoms with van der Waals surface area (Å²) in [5.74, 6) is -0.282. The van der Waals surface area contributed by atoms with Gasteiger partial charge in [-0.2, -0.15) is 0 Å². The lowest BCUT2D eigenvalue weighted by molar-refractivity contribution is 0.1000. The Balaban J connectivity index is 1.79. The molecule has 0 atom stereocenters. The topological polar surface area (TPSA) is 137 Å². The zero-order valence-corrected chi connectivity index (χ0v) is 17.3. The summed E-state index contributed by atoms with van der Waals surface area (Å²) in [6.45, 7) is 5.67. The molecule has 1 aromatic carbocycles. The highest BCUT2D eigenvalue weighted by molar-refractivity contribution is 5.93. The van der Waals surface area contributed by atoms with Crippen LogP contribution >= 0.6 is 0 Å². The standard InChI is InChI=1S/C20H26N6O4/c1-12(2)10-26-18-16(19(29)24(3)20(26)30)25(11-23-18)7-6-22-9-14-8-13(17(21)28)4-5-15(14)27/h4-5,8,11-12,22,27H,6-7,9-10H2,1-3H3,(H2,21,28). The second-order valence-corrected chi connectivity index (χ2v) is 7.65. The molecule has 3 aromatic rings. The van der Waals surface area contributed by atoms with E-state index in [0.717, 1.165) is 4.57 Å². The number of hydrogen-bond acceptors (Lipinski definition) is 6. The molecule has 10 heteroatoms. The van der Waals surface area contributed by atoms with Crippen LogP contribution in [0, 0.1) is 5.92 Å². The highest BCUT2D eigenvalue weighted by Crippen LogP contribution is 2.18. The van der Waals surface area contributed by atoms with Crippen LogP contribution in [-0.2, 0) is 26.7 Å². The maximum absolute atomic E-state index is 12.7. The van der Waals surface area contributed by atoms with Gasteiger partial charge in [0.2, 0.25) is 5.91 Å². The highest BCUT2D eigenvalue weighted by atomic mass is 16.3. The Morgan fingerprint density at radius 2 is 2.03 bits per heavy atom. The Kier molecular flexibility index (Phi) is 6.06. The summed E-state index contributed by atoms with van der Waals surface area (Å²) in [6.07, 6.45) is 1.55. The Bertz CT molecular complexity index is 1200. The molecule has 10 nitrogen and oxygen atoms in total. The van der Waals surface area contributed by atoms with Gasteiger partial charge in [0.25, 0.3) is 5.56 Å². The summed E-state index contributed by atoms with van der Waals surface area (Å²) in [5.41, 5.74) is 6.12. The third-order valence-electron chi connectivity index (χ3n) is 4.86. The zero-order chi connectivity index (χ0) is 22.0. The van der Waals surface area contributed by atoms with Crippen LogP contribution in [0.1, 0.15) is 29.8 Å². The molecule has 3 rings (SSSR count). The third-order valence-corrected chi connectivity index (χ3v) is 4.86. The number of hydrogen-bond donors (Lipinski definition) is 3. The van der Waals surface area contributed by atoms with Crippen LogP contribution in [0.3, 0.4) is 0 Å². The van der Waals surface area contributed by atoms with Gasteiger partial charge in [-0.3, -0.25) is 18.7 Å². The predicted molar refractivity (Wildman–Crippen MR) is 112 cm³/mol. The van der Waals surface area contributed by atoms with E-state index in [1.54, 1.807) is 10.9 Å². The van der Waals surface area contributed by atoms with Crippen molar-refractivity contribution in [2.45, 2.75) is 33.5 Å². The molecule has 0 fully saturated rings. The number of rotatable bonds is 8. The van der Waals surface area contributed by atoms with Gasteiger partial charge in [-0.15, -0.1) is 0 Å². The van der Waals surface area contributed by atoms with Crippen molar-refractivity contribution in [3.8, 4) is 5.75 Å². The fourth-order valence-corrected chi connectivity index (χ4v) is 3.31. The van der Waals surface area contributed by atoms with Gasteiger partial charge in [-0.05, 0) is 24.1 Å². The first-order valence-corrected chi connectivity index (χ1v) is 9.67. The second-order valence-electron chi connectivity index (χ2n) is 7.65. The molecule has 4 N–H and O–H groups in total. The Hall–Kier alpha value is -3.40. The van der Waals surface area contributed by atoms with E-state index in [1.165, 1.54) is 29.8 Å². The lowest BCUT2D eigenvalue weighted by Crippen LogP contribution is -2.39. The van der Waals surface area contributed by atoms with Crippen molar-refractivity contribution in [3.05, 3.63) is 56.5 Å². The summed E-state index contributed by atoms with van der Waals surface area (Å²) < 4.78 is 4.34. The molecule has 30 heavy (non-hydrogen) atoms. The minimum absolute atomic E-state index is 0.0622. The van der Waals surface area contributed by atoms with E-state index in [2.05, 4.69) is 10.3 Å². The van der Waals surface area contributed by atoms with Gasteiger partial charge >= 0.3 is 5.69 Å². The summed E-state index contributed by atoms with van der Waals surface area (Å²) in [4.78, 5) is 40.8. The highest BCUT2D eigenvalue weighted by Gasteiger charge is 2.16. The molecule has 2 aromatic heterocycles. The average molecular weight is 414 g/mol. The van der Waals surface area contributed by atoms with Crippen molar-refractivity contribution < 1.29 is 9.90 Å². The number of fused-ring (bicyclic) bond motifs is 1. The SMILES string of the molecule is CC(C)Cn1c(=O)n(C)c(=O)c2c1ncn2CCNCc1cc(C(N)=O)ccc1O. The molecule has 0 aliphatic carbocycles. The Morgan fingerprint density at radius 3 is 2.70 bits per heavy atom. The number of phenols is 1. The van der Waals surface area contributed by atoms with Crippen LogP contribution in [0.4, 0.5) is 0 Å². The Morgan fingerprint density at radius 1 is 1.30 bits per heavy atom. The minimum atomic E-state index is -0.565. The molecule has 160 valence electrons. The fourth-order valence-electron chi connectivity index (χ4n) is 3.31. The van der Waals surface area contributed by atoms with Crippen molar-refractivity contribution >= 4 is 17.1 Å². The molecule has 0 saturated heterocycles. The maximum Gasteiger partial charge on any atom is 0.332 e. The number of carbonyl (C=O) groups is 1. The number of carbonyl (C=O) groups excluding carboxylic acids is 1. The number of nitrogens with one attached hydrogen (secondary N) is 1. The molecule has 2 heterocycles. The summed E-state index contributed by atoms with van der Waals surface area (Å²) in [6, 6.07) is 4.43. The van der Waals surface area contributed by atoms with Gasteiger partial charge in [0.05, 0.1) is 6.33 Å². The molecular weight excluding hydrogens is 388 g/mol. The van der Waals surface area contributed by atoms with Gasteiger partial charge in [-0.1, -0.05) is 13.8 Å². The first-order chi connectivity index (χ1) is 14.2. The molecule has 0 aliphatic rings. The number of imidazole rings is 1. The zero-order valence-electron chi connectivity index (χ0n) is 17.3. The largest absolute Gasteiger partial charge is 0.508 e. The third kappa shape index (κ3) is 4.13. The van der Waals surface area contributed by atoms with E-state index >= 15 is 0 Å². The minimum Gasteiger partial charge on any atom is -0.508 e. The lowest BCUT2D eigenvalue weighted by Gasteiger charge is -2.12. The monoisotopic (exact) mass is 414 g/mol. The second kappa shape index (κ2) is 8.54. The number of aromatic nitrogens is 4. The van der Waals surface area contributed by atoms with Crippen LogP contribution in [0.25, 0.3) is 11.2 Å². The number of phenolic OH excluding ortho intramolecular Hbond substituents is 1. The quantitative estimate of drug-likeness (QED) is 0.449. The van der Waals surface area contributed by atoms with Crippen LogP contribution < -0.4 is 22.3 Å². The number of nitrogens with two attached hydrogens (primary N) is 1. The normalized spacial score (nSPS) is 11.5. The van der Waals surface area contributed by atoms with Crippen molar-refractivity contribution in [1.29, 1.82) is 0 Å². The molecule has 0 radical (unpaired) electrons. The van der Waals surface area contributed by atoms with E-state index in [9.17, 15) is 19.5 Å². The predicted octanol–water partition coefficient (Wildman–Crippen LogP) is 0.147. The molecule has 0 bridgehead atoms. The van der Waals surface area contributed by atoms with Crippen LogP contribution in [-0.4, -0.2) is 36.2 Å².